The highest BCUT2D eigenvalue weighted by Gasteiger charge is 2.32. The standard InChI is InChI=1S/C14H16N4O2S/c1-8-12(21-9(2)16-8)13(19)18-7-3-4-11(18)10-5-6-15-14(20)17-10/h5-6,11H,3-4,7H2,1-2H3,(H,15,17,20)/t11-/m1/s1. The lowest BCUT2D eigenvalue weighted by atomic mass is 10.1. The topological polar surface area (TPSA) is 79.0 Å². The zero-order valence-corrected chi connectivity index (χ0v) is 12.7. The molecule has 1 atom stereocenters. The van der Waals surface area contributed by atoms with Crippen molar-refractivity contribution in [2.45, 2.75) is 32.7 Å². The summed E-state index contributed by atoms with van der Waals surface area (Å²) in [6.45, 7) is 4.45. The molecule has 0 bridgehead atoms. The Balaban J connectivity index is 1.92. The lowest BCUT2D eigenvalue weighted by Crippen LogP contribution is -2.31. The van der Waals surface area contributed by atoms with Crippen LogP contribution < -0.4 is 5.69 Å². The van der Waals surface area contributed by atoms with Gasteiger partial charge in [0.05, 0.1) is 16.7 Å². The number of aromatic nitrogens is 3. The van der Waals surface area contributed by atoms with Crippen LogP contribution in [-0.4, -0.2) is 32.3 Å². The quantitative estimate of drug-likeness (QED) is 0.918. The second-order valence-electron chi connectivity index (χ2n) is 5.13. The van der Waals surface area contributed by atoms with Crippen LogP contribution in [0.1, 0.15) is 45.0 Å². The van der Waals surface area contributed by atoms with E-state index in [1.165, 1.54) is 17.5 Å². The fraction of sp³-hybridized carbons (Fsp3) is 0.429. The van der Waals surface area contributed by atoms with Gasteiger partial charge in [0.25, 0.3) is 5.91 Å². The van der Waals surface area contributed by atoms with Gasteiger partial charge in [-0.3, -0.25) is 4.79 Å². The van der Waals surface area contributed by atoms with Crippen LogP contribution in [-0.2, 0) is 0 Å². The Hall–Kier alpha value is -2.02. The minimum absolute atomic E-state index is 0.00161. The van der Waals surface area contributed by atoms with Gasteiger partial charge in [-0.2, -0.15) is 0 Å². The van der Waals surface area contributed by atoms with Gasteiger partial charge in [-0.05, 0) is 32.8 Å². The average molecular weight is 304 g/mol. The van der Waals surface area contributed by atoms with Crippen LogP contribution in [0.2, 0.25) is 0 Å². The zero-order valence-electron chi connectivity index (χ0n) is 11.9. The van der Waals surface area contributed by atoms with E-state index in [9.17, 15) is 9.59 Å². The van der Waals surface area contributed by atoms with Crippen molar-refractivity contribution in [3.05, 3.63) is 44.0 Å². The lowest BCUT2D eigenvalue weighted by Gasteiger charge is -2.24. The van der Waals surface area contributed by atoms with Crippen LogP contribution in [0.25, 0.3) is 0 Å². The lowest BCUT2D eigenvalue weighted by molar-refractivity contribution is 0.0736. The summed E-state index contributed by atoms with van der Waals surface area (Å²) in [5.41, 5.74) is 1.15. The predicted octanol–water partition coefficient (Wildman–Crippen LogP) is 1.82. The summed E-state index contributed by atoms with van der Waals surface area (Å²) in [5, 5.41) is 0.893. The van der Waals surface area contributed by atoms with Crippen LogP contribution in [0.5, 0.6) is 0 Å². The van der Waals surface area contributed by atoms with Gasteiger partial charge in [0.2, 0.25) is 0 Å². The summed E-state index contributed by atoms with van der Waals surface area (Å²) in [4.78, 5) is 37.3. The number of carbonyl (C=O) groups is 1. The minimum atomic E-state index is -0.378. The molecule has 1 N–H and O–H groups in total. The molecule has 0 aromatic carbocycles. The predicted molar refractivity (Wildman–Crippen MR) is 79.5 cm³/mol. The van der Waals surface area contributed by atoms with Crippen LogP contribution in [0.15, 0.2) is 17.1 Å². The summed E-state index contributed by atoms with van der Waals surface area (Å²) in [6.07, 6.45) is 3.26. The van der Waals surface area contributed by atoms with Crippen LogP contribution in [0, 0.1) is 13.8 Å². The summed E-state index contributed by atoms with van der Waals surface area (Å²) in [5.74, 6) is -0.00161. The third kappa shape index (κ3) is 2.61. The third-order valence-corrected chi connectivity index (χ3v) is 4.73. The molecule has 0 aliphatic carbocycles. The van der Waals surface area contributed by atoms with Crippen molar-refractivity contribution in [2.24, 2.45) is 0 Å². The normalized spacial score (nSPS) is 18.2. The van der Waals surface area contributed by atoms with E-state index >= 15 is 0 Å². The summed E-state index contributed by atoms with van der Waals surface area (Å²) in [6, 6.07) is 1.68. The molecular weight excluding hydrogens is 288 g/mol. The van der Waals surface area contributed by atoms with Crippen molar-refractivity contribution in [1.29, 1.82) is 0 Å². The number of thiazole rings is 1. The number of likely N-dealkylation sites (tertiary alicyclic amines) is 1. The van der Waals surface area contributed by atoms with E-state index in [1.807, 2.05) is 18.7 Å². The van der Waals surface area contributed by atoms with E-state index in [1.54, 1.807) is 6.07 Å². The van der Waals surface area contributed by atoms with Crippen LogP contribution in [0.3, 0.4) is 0 Å². The van der Waals surface area contributed by atoms with Gasteiger partial charge in [0.15, 0.2) is 0 Å². The van der Waals surface area contributed by atoms with E-state index in [0.29, 0.717) is 11.4 Å². The molecule has 0 saturated carbocycles. The number of H-pyrrole nitrogens is 1. The van der Waals surface area contributed by atoms with Gasteiger partial charge in [0, 0.05) is 18.4 Å². The number of hydrogen-bond acceptors (Lipinski definition) is 5. The van der Waals surface area contributed by atoms with Crippen molar-refractivity contribution < 1.29 is 4.79 Å². The van der Waals surface area contributed by atoms with Crippen LogP contribution >= 0.6 is 11.3 Å². The van der Waals surface area contributed by atoms with E-state index in [-0.39, 0.29) is 17.6 Å². The number of aryl methyl sites for hydroxylation is 2. The second kappa shape index (κ2) is 5.40. The molecule has 1 saturated heterocycles. The molecule has 2 aromatic rings. The van der Waals surface area contributed by atoms with Gasteiger partial charge in [-0.25, -0.2) is 14.8 Å². The highest BCUT2D eigenvalue weighted by atomic mass is 32.1. The van der Waals surface area contributed by atoms with Crippen molar-refractivity contribution in [3.8, 4) is 0 Å². The molecule has 2 aromatic heterocycles. The first-order valence-electron chi connectivity index (χ1n) is 6.86. The van der Waals surface area contributed by atoms with Gasteiger partial charge >= 0.3 is 5.69 Å². The highest BCUT2D eigenvalue weighted by molar-refractivity contribution is 7.13. The minimum Gasteiger partial charge on any atom is -0.329 e. The number of aromatic amines is 1. The Morgan fingerprint density at radius 1 is 1.48 bits per heavy atom. The Morgan fingerprint density at radius 2 is 2.29 bits per heavy atom. The first kappa shape index (κ1) is 13.9. The maximum atomic E-state index is 12.7. The van der Waals surface area contributed by atoms with Gasteiger partial charge in [0.1, 0.15) is 4.88 Å². The molecule has 1 fully saturated rings. The number of carbonyl (C=O) groups excluding carboxylic acids is 1. The first-order valence-corrected chi connectivity index (χ1v) is 7.68. The number of nitrogens with zero attached hydrogens (tertiary/aromatic N) is 3. The zero-order chi connectivity index (χ0) is 15.0. The Labute approximate surface area is 125 Å². The van der Waals surface area contributed by atoms with Crippen LogP contribution in [0.4, 0.5) is 0 Å². The fourth-order valence-electron chi connectivity index (χ4n) is 2.77. The molecule has 3 rings (SSSR count). The maximum absolute atomic E-state index is 12.7. The second-order valence-corrected chi connectivity index (χ2v) is 6.34. The molecule has 0 radical (unpaired) electrons. The molecule has 7 heteroatoms. The molecule has 1 aliphatic heterocycles. The van der Waals surface area contributed by atoms with E-state index in [2.05, 4.69) is 15.0 Å². The SMILES string of the molecule is Cc1nc(C)c(C(=O)N2CCC[C@@H]2c2ccnc(=O)[nH]2)s1. The molecule has 21 heavy (non-hydrogen) atoms. The first-order chi connectivity index (χ1) is 10.1. The number of hydrogen-bond donors (Lipinski definition) is 1. The summed E-state index contributed by atoms with van der Waals surface area (Å²) < 4.78 is 0. The Bertz CT molecular complexity index is 737. The molecule has 3 heterocycles. The molecule has 0 unspecified atom stereocenters. The molecule has 6 nitrogen and oxygen atoms in total. The molecular formula is C14H16N4O2S. The maximum Gasteiger partial charge on any atom is 0.345 e. The fourth-order valence-corrected chi connectivity index (χ4v) is 3.65. The van der Waals surface area contributed by atoms with Gasteiger partial charge in [-0.15, -0.1) is 11.3 Å². The van der Waals surface area contributed by atoms with E-state index < -0.39 is 0 Å². The smallest absolute Gasteiger partial charge is 0.329 e. The molecule has 1 amide bonds. The van der Waals surface area contributed by atoms with Crippen molar-refractivity contribution in [3.63, 3.8) is 0 Å². The van der Waals surface area contributed by atoms with Crippen molar-refractivity contribution in [2.75, 3.05) is 6.54 Å². The van der Waals surface area contributed by atoms with E-state index in [4.69, 9.17) is 0 Å². The summed E-state index contributed by atoms with van der Waals surface area (Å²) in [7, 11) is 0. The molecule has 110 valence electrons. The number of nitrogens with one attached hydrogen (secondary N) is 1. The Morgan fingerprint density at radius 3 is 2.95 bits per heavy atom. The molecule has 0 spiro atoms. The largest absolute Gasteiger partial charge is 0.345 e. The summed E-state index contributed by atoms with van der Waals surface area (Å²) >= 11 is 1.42. The van der Waals surface area contributed by atoms with Crippen molar-refractivity contribution >= 4 is 17.2 Å². The average Bonchev–Trinajstić information content (AvgIpc) is 3.04. The van der Waals surface area contributed by atoms with Gasteiger partial charge in [-0.1, -0.05) is 0 Å². The van der Waals surface area contributed by atoms with Crippen molar-refractivity contribution in [1.82, 2.24) is 19.9 Å². The van der Waals surface area contributed by atoms with Gasteiger partial charge < -0.3 is 9.88 Å². The number of rotatable bonds is 2. The number of amides is 1. The highest BCUT2D eigenvalue weighted by Crippen LogP contribution is 2.33. The van der Waals surface area contributed by atoms with E-state index in [0.717, 1.165) is 29.2 Å². The monoisotopic (exact) mass is 304 g/mol. The Kier molecular flexibility index (Phi) is 3.59. The molecule has 1 aliphatic rings. The third-order valence-electron chi connectivity index (χ3n) is 3.67.